The molecule has 7 heteroatoms. The predicted molar refractivity (Wildman–Crippen MR) is 85.6 cm³/mol. The van der Waals surface area contributed by atoms with E-state index >= 15 is 0 Å². The van der Waals surface area contributed by atoms with E-state index in [0.717, 1.165) is 5.69 Å². The molecule has 22 heavy (non-hydrogen) atoms. The highest BCUT2D eigenvalue weighted by Gasteiger charge is 2.16. The van der Waals surface area contributed by atoms with Gasteiger partial charge in [-0.25, -0.2) is 4.98 Å². The molecule has 0 amide bonds. The summed E-state index contributed by atoms with van der Waals surface area (Å²) in [5.74, 6) is -0.0888. The third kappa shape index (κ3) is 2.89. The Balaban J connectivity index is 1.99. The van der Waals surface area contributed by atoms with Gasteiger partial charge in [-0.1, -0.05) is 18.2 Å². The number of nitrogens with one attached hydrogen (secondary N) is 1. The van der Waals surface area contributed by atoms with Gasteiger partial charge in [-0.05, 0) is 24.3 Å². The van der Waals surface area contributed by atoms with Crippen molar-refractivity contribution in [1.82, 2.24) is 4.98 Å². The molecule has 2 aromatic carbocycles. The minimum Gasteiger partial charge on any atom is -0.493 e. The number of anilines is 2. The number of benzene rings is 2. The molecule has 0 aliphatic heterocycles. The van der Waals surface area contributed by atoms with Gasteiger partial charge in [0.2, 0.25) is 5.88 Å². The fourth-order valence-electron chi connectivity index (χ4n) is 2.00. The normalized spacial score (nSPS) is 10.4. The average Bonchev–Trinajstić information content (AvgIpc) is 2.95. The van der Waals surface area contributed by atoms with Crippen LogP contribution in [0.25, 0.3) is 10.6 Å². The van der Waals surface area contributed by atoms with Gasteiger partial charge in [-0.3, -0.25) is 10.1 Å². The molecule has 0 saturated heterocycles. The monoisotopic (exact) mass is 313 g/mol. The van der Waals surface area contributed by atoms with Crippen molar-refractivity contribution in [2.24, 2.45) is 0 Å². The van der Waals surface area contributed by atoms with Crippen LogP contribution >= 0.6 is 11.3 Å². The largest absolute Gasteiger partial charge is 0.493 e. The molecule has 2 N–H and O–H groups in total. The highest BCUT2D eigenvalue weighted by Crippen LogP contribution is 2.34. The summed E-state index contributed by atoms with van der Waals surface area (Å²) in [6.45, 7) is 0. The van der Waals surface area contributed by atoms with E-state index in [1.165, 1.54) is 22.8 Å². The number of hydrogen-bond acceptors (Lipinski definition) is 6. The molecule has 1 heterocycles. The number of para-hydroxylation sites is 1. The SMILES string of the molecule is O=[N+]([O-])c1cc(-c2nc(O)cs2)ccc1Nc1ccccc1. The Kier molecular flexibility index (Phi) is 3.71. The van der Waals surface area contributed by atoms with E-state index in [9.17, 15) is 15.2 Å². The van der Waals surface area contributed by atoms with Crippen LogP contribution in [-0.4, -0.2) is 15.0 Å². The second kappa shape index (κ2) is 5.82. The molecule has 0 spiro atoms. The molecule has 0 radical (unpaired) electrons. The first-order chi connectivity index (χ1) is 10.6. The molecule has 3 rings (SSSR count). The van der Waals surface area contributed by atoms with Crippen LogP contribution in [0.4, 0.5) is 17.1 Å². The Morgan fingerprint density at radius 3 is 2.59 bits per heavy atom. The molecule has 6 nitrogen and oxygen atoms in total. The second-order valence-corrected chi connectivity index (χ2v) is 5.35. The summed E-state index contributed by atoms with van der Waals surface area (Å²) in [4.78, 5) is 14.8. The van der Waals surface area contributed by atoms with E-state index in [-0.39, 0.29) is 11.6 Å². The summed E-state index contributed by atoms with van der Waals surface area (Å²) in [6, 6.07) is 14.0. The zero-order valence-electron chi connectivity index (χ0n) is 11.3. The number of thiazole rings is 1. The lowest BCUT2D eigenvalue weighted by molar-refractivity contribution is -0.383. The van der Waals surface area contributed by atoms with Crippen LogP contribution in [0, 0.1) is 10.1 Å². The molecule has 0 atom stereocenters. The maximum Gasteiger partial charge on any atom is 0.293 e. The van der Waals surface area contributed by atoms with Gasteiger partial charge in [-0.2, -0.15) is 0 Å². The number of aromatic hydroxyl groups is 1. The molecule has 0 aliphatic carbocycles. The van der Waals surface area contributed by atoms with Gasteiger partial charge < -0.3 is 10.4 Å². The third-order valence-corrected chi connectivity index (χ3v) is 3.87. The number of rotatable bonds is 4. The van der Waals surface area contributed by atoms with Crippen molar-refractivity contribution in [1.29, 1.82) is 0 Å². The Bertz CT molecular complexity index is 818. The summed E-state index contributed by atoms with van der Waals surface area (Å²) in [6.07, 6.45) is 0. The lowest BCUT2D eigenvalue weighted by Gasteiger charge is -2.08. The van der Waals surface area contributed by atoms with Crippen LogP contribution in [0.1, 0.15) is 0 Å². The van der Waals surface area contributed by atoms with E-state index in [1.807, 2.05) is 30.3 Å². The van der Waals surface area contributed by atoms with E-state index in [4.69, 9.17) is 0 Å². The molecule has 110 valence electrons. The number of nitrogens with zero attached hydrogens (tertiary/aromatic N) is 2. The Labute approximate surface area is 129 Å². The van der Waals surface area contributed by atoms with E-state index in [1.54, 1.807) is 12.1 Å². The Morgan fingerprint density at radius 2 is 1.95 bits per heavy atom. The van der Waals surface area contributed by atoms with Crippen LogP contribution in [0.3, 0.4) is 0 Å². The fourth-order valence-corrected chi connectivity index (χ4v) is 2.68. The maximum atomic E-state index is 11.3. The van der Waals surface area contributed by atoms with Crippen LogP contribution in [0.5, 0.6) is 5.88 Å². The number of nitro groups is 1. The maximum absolute atomic E-state index is 11.3. The molecule has 1 aromatic heterocycles. The van der Waals surface area contributed by atoms with Crippen LogP contribution < -0.4 is 5.32 Å². The Hall–Kier alpha value is -2.93. The van der Waals surface area contributed by atoms with Crippen molar-refractivity contribution in [2.75, 3.05) is 5.32 Å². The van der Waals surface area contributed by atoms with Crippen molar-refractivity contribution in [3.8, 4) is 16.5 Å². The predicted octanol–water partition coefficient (Wildman–Crippen LogP) is 4.17. The van der Waals surface area contributed by atoms with Gasteiger partial charge >= 0.3 is 0 Å². The van der Waals surface area contributed by atoms with Gasteiger partial charge in [0, 0.05) is 17.3 Å². The van der Waals surface area contributed by atoms with Crippen molar-refractivity contribution >= 4 is 28.4 Å². The smallest absolute Gasteiger partial charge is 0.293 e. The molecule has 0 unspecified atom stereocenters. The number of hydrogen-bond donors (Lipinski definition) is 2. The summed E-state index contributed by atoms with van der Waals surface area (Å²) < 4.78 is 0. The van der Waals surface area contributed by atoms with Gasteiger partial charge in [0.1, 0.15) is 10.7 Å². The van der Waals surface area contributed by atoms with E-state index < -0.39 is 4.92 Å². The molecule has 0 saturated carbocycles. The number of nitro benzene ring substituents is 1. The van der Waals surface area contributed by atoms with Crippen molar-refractivity contribution in [3.05, 3.63) is 64.0 Å². The topological polar surface area (TPSA) is 88.3 Å². The van der Waals surface area contributed by atoms with Crippen molar-refractivity contribution < 1.29 is 10.0 Å². The highest BCUT2D eigenvalue weighted by atomic mass is 32.1. The minimum atomic E-state index is -0.442. The van der Waals surface area contributed by atoms with E-state index in [2.05, 4.69) is 10.3 Å². The first kappa shape index (κ1) is 14.0. The zero-order valence-corrected chi connectivity index (χ0v) is 12.1. The molecular weight excluding hydrogens is 302 g/mol. The molecule has 0 bridgehead atoms. The second-order valence-electron chi connectivity index (χ2n) is 4.49. The zero-order chi connectivity index (χ0) is 15.5. The molecule has 0 fully saturated rings. The lowest BCUT2D eigenvalue weighted by Crippen LogP contribution is -1.97. The van der Waals surface area contributed by atoms with Gasteiger partial charge in [0.25, 0.3) is 5.69 Å². The van der Waals surface area contributed by atoms with Crippen molar-refractivity contribution in [3.63, 3.8) is 0 Å². The standard InChI is InChI=1S/C15H11N3O3S/c19-14-9-22-15(17-14)10-6-7-12(13(8-10)18(20)21)16-11-4-2-1-3-5-11/h1-9,16,19H. The van der Waals surface area contributed by atoms with E-state index in [0.29, 0.717) is 16.3 Å². The number of aromatic nitrogens is 1. The molecular formula is C15H11N3O3S. The summed E-state index contributed by atoms with van der Waals surface area (Å²) >= 11 is 1.23. The summed E-state index contributed by atoms with van der Waals surface area (Å²) in [7, 11) is 0. The highest BCUT2D eigenvalue weighted by molar-refractivity contribution is 7.13. The van der Waals surface area contributed by atoms with Crippen LogP contribution in [0.15, 0.2) is 53.9 Å². The van der Waals surface area contributed by atoms with Gasteiger partial charge in [0.15, 0.2) is 0 Å². The Morgan fingerprint density at radius 1 is 1.18 bits per heavy atom. The van der Waals surface area contributed by atoms with Crippen LogP contribution in [0.2, 0.25) is 0 Å². The molecule has 3 aromatic rings. The first-order valence-corrected chi connectivity index (χ1v) is 7.27. The summed E-state index contributed by atoms with van der Waals surface area (Å²) in [5.41, 5.74) is 1.72. The quantitative estimate of drug-likeness (QED) is 0.557. The fraction of sp³-hybridized carbons (Fsp3) is 0. The minimum absolute atomic E-state index is 0.0453. The van der Waals surface area contributed by atoms with Gasteiger partial charge in [-0.15, -0.1) is 11.3 Å². The van der Waals surface area contributed by atoms with Gasteiger partial charge in [0.05, 0.1) is 10.3 Å². The average molecular weight is 313 g/mol. The van der Waals surface area contributed by atoms with Crippen molar-refractivity contribution in [2.45, 2.75) is 0 Å². The molecule has 0 aliphatic rings. The third-order valence-electron chi connectivity index (χ3n) is 2.99. The summed E-state index contributed by atoms with van der Waals surface area (Å²) in [5, 5.41) is 25.6. The van der Waals surface area contributed by atoms with Crippen LogP contribution in [-0.2, 0) is 0 Å². The lowest BCUT2D eigenvalue weighted by atomic mass is 10.1. The first-order valence-electron chi connectivity index (χ1n) is 6.39.